The Morgan fingerprint density at radius 2 is 1.94 bits per heavy atom. The molecule has 0 aliphatic heterocycles. The molecule has 0 rings (SSSR count). The summed E-state index contributed by atoms with van der Waals surface area (Å²) < 4.78 is 5.13. The van der Waals surface area contributed by atoms with E-state index >= 15 is 0 Å². The van der Waals surface area contributed by atoms with Gasteiger partial charge in [-0.3, -0.25) is 0 Å². The first-order chi connectivity index (χ1) is 7.85. The monoisotopic (exact) mass is 246 g/mol. The second kappa shape index (κ2) is 8.31. The van der Waals surface area contributed by atoms with Crippen molar-refractivity contribution in [1.29, 1.82) is 0 Å². The highest BCUT2D eigenvalue weighted by Gasteiger charge is 2.16. The molecule has 1 atom stereocenters. The molecule has 0 saturated carbocycles. The van der Waals surface area contributed by atoms with Crippen LogP contribution in [-0.4, -0.2) is 31.4 Å². The lowest BCUT2D eigenvalue weighted by Crippen LogP contribution is -2.37. The van der Waals surface area contributed by atoms with Crippen molar-refractivity contribution in [3.63, 3.8) is 0 Å². The van der Waals surface area contributed by atoms with Gasteiger partial charge in [0.2, 0.25) is 0 Å². The first-order valence-electron chi connectivity index (χ1n) is 6.16. The lowest BCUT2D eigenvalue weighted by Gasteiger charge is -2.20. The van der Waals surface area contributed by atoms with Crippen molar-refractivity contribution in [3.05, 3.63) is 0 Å². The Kier molecular flexibility index (Phi) is 7.91. The molecule has 1 unspecified atom stereocenters. The van der Waals surface area contributed by atoms with E-state index in [-0.39, 0.29) is 6.09 Å². The Morgan fingerprint density at radius 1 is 1.29 bits per heavy atom. The third-order valence-corrected chi connectivity index (χ3v) is 1.83. The van der Waals surface area contributed by atoms with Gasteiger partial charge < -0.3 is 14.9 Å². The van der Waals surface area contributed by atoms with E-state index in [9.17, 15) is 4.79 Å². The van der Waals surface area contributed by atoms with Gasteiger partial charge in [0.25, 0.3) is 0 Å². The summed E-state index contributed by atoms with van der Waals surface area (Å²) in [5.74, 6) is 0.291. The zero-order valence-electron chi connectivity index (χ0n) is 11.6. The number of rotatable bonds is 7. The zero-order chi connectivity index (χ0) is 13.3. The molecule has 0 saturated heterocycles. The minimum absolute atomic E-state index is 0.291. The molecule has 0 aliphatic rings. The molecule has 0 spiro atoms. The fraction of sp³-hybridized carbons (Fsp3) is 0.917. The number of alkyl carbamates (subject to hydrolysis) is 1. The van der Waals surface area contributed by atoms with Crippen LogP contribution in [0, 0.1) is 5.92 Å². The van der Waals surface area contributed by atoms with Crippen LogP contribution in [0.1, 0.15) is 41.0 Å². The molecule has 2 N–H and O–H groups in total. The molecule has 0 aromatic heterocycles. The topological polar surface area (TPSA) is 59.6 Å². The van der Waals surface area contributed by atoms with Crippen molar-refractivity contribution in [2.45, 2.75) is 46.6 Å². The van der Waals surface area contributed by atoms with Crippen molar-refractivity contribution >= 4 is 6.09 Å². The Balaban J connectivity index is 3.55. The largest absolute Gasteiger partial charge is 0.444 e. The standard InChI is InChI=1S/C12H26N2O3/c1-6-7-16-14-9-10(2)8-13-11(15)17-12(3,4)5/h10,14H,6-9H2,1-5H3,(H,13,15). The average Bonchev–Trinajstić information content (AvgIpc) is 2.19. The summed E-state index contributed by atoms with van der Waals surface area (Å²) in [5, 5.41) is 2.72. The van der Waals surface area contributed by atoms with E-state index in [1.54, 1.807) is 0 Å². The number of nitrogens with one attached hydrogen (secondary N) is 2. The normalized spacial score (nSPS) is 13.2. The number of carbonyl (C=O) groups excluding carboxylic acids is 1. The van der Waals surface area contributed by atoms with E-state index in [0.29, 0.717) is 25.6 Å². The highest BCUT2D eigenvalue weighted by Crippen LogP contribution is 2.06. The lowest BCUT2D eigenvalue weighted by molar-refractivity contribution is 0.0321. The van der Waals surface area contributed by atoms with Gasteiger partial charge in [0.05, 0.1) is 6.61 Å². The molecule has 0 radical (unpaired) electrons. The number of amides is 1. The smallest absolute Gasteiger partial charge is 0.407 e. The maximum atomic E-state index is 11.4. The quantitative estimate of drug-likeness (QED) is 0.533. The molecular formula is C12H26N2O3. The third kappa shape index (κ3) is 11.5. The van der Waals surface area contributed by atoms with Gasteiger partial charge >= 0.3 is 6.09 Å². The molecule has 5 heteroatoms. The van der Waals surface area contributed by atoms with Crippen LogP contribution in [0.25, 0.3) is 0 Å². The van der Waals surface area contributed by atoms with E-state index in [1.165, 1.54) is 0 Å². The van der Waals surface area contributed by atoms with Gasteiger partial charge in [0.15, 0.2) is 0 Å². The van der Waals surface area contributed by atoms with Crippen molar-refractivity contribution < 1.29 is 14.4 Å². The number of ether oxygens (including phenoxy) is 1. The molecule has 1 amide bonds. The fourth-order valence-corrected chi connectivity index (χ4v) is 1.02. The van der Waals surface area contributed by atoms with Crippen molar-refractivity contribution in [2.24, 2.45) is 5.92 Å². The Bertz CT molecular complexity index is 214. The second-order valence-electron chi connectivity index (χ2n) is 5.18. The van der Waals surface area contributed by atoms with Crippen LogP contribution in [0.15, 0.2) is 0 Å². The number of carbonyl (C=O) groups is 1. The third-order valence-electron chi connectivity index (χ3n) is 1.83. The van der Waals surface area contributed by atoms with Crippen LogP contribution >= 0.6 is 0 Å². The van der Waals surface area contributed by atoms with Crippen molar-refractivity contribution in [3.8, 4) is 0 Å². The van der Waals surface area contributed by atoms with Crippen LogP contribution < -0.4 is 10.8 Å². The van der Waals surface area contributed by atoms with Gasteiger partial charge in [-0.05, 0) is 33.1 Å². The summed E-state index contributed by atoms with van der Waals surface area (Å²) in [6.45, 7) is 11.6. The summed E-state index contributed by atoms with van der Waals surface area (Å²) in [6, 6.07) is 0. The summed E-state index contributed by atoms with van der Waals surface area (Å²) in [6.07, 6.45) is 0.608. The average molecular weight is 246 g/mol. The lowest BCUT2D eigenvalue weighted by atomic mass is 10.2. The Labute approximate surface area is 104 Å². The van der Waals surface area contributed by atoms with Gasteiger partial charge in [-0.25, -0.2) is 10.3 Å². The predicted octanol–water partition coefficient (Wildman–Crippen LogP) is 2.08. The molecule has 0 aromatic rings. The van der Waals surface area contributed by atoms with Gasteiger partial charge in [-0.1, -0.05) is 13.8 Å². The van der Waals surface area contributed by atoms with Crippen LogP contribution in [0.5, 0.6) is 0 Å². The van der Waals surface area contributed by atoms with Crippen molar-refractivity contribution in [2.75, 3.05) is 19.7 Å². The summed E-state index contributed by atoms with van der Waals surface area (Å²) >= 11 is 0. The minimum Gasteiger partial charge on any atom is -0.444 e. The van der Waals surface area contributed by atoms with Crippen LogP contribution in [0.3, 0.4) is 0 Å². The van der Waals surface area contributed by atoms with E-state index in [2.05, 4.69) is 17.7 Å². The maximum Gasteiger partial charge on any atom is 0.407 e. The molecule has 17 heavy (non-hydrogen) atoms. The van der Waals surface area contributed by atoms with E-state index in [0.717, 1.165) is 6.42 Å². The fourth-order valence-electron chi connectivity index (χ4n) is 1.02. The maximum absolute atomic E-state index is 11.4. The number of hydrogen-bond donors (Lipinski definition) is 2. The predicted molar refractivity (Wildman–Crippen MR) is 67.6 cm³/mol. The molecule has 0 aliphatic carbocycles. The first-order valence-corrected chi connectivity index (χ1v) is 6.16. The zero-order valence-corrected chi connectivity index (χ0v) is 11.6. The van der Waals surface area contributed by atoms with Gasteiger partial charge in [-0.15, -0.1) is 0 Å². The first kappa shape index (κ1) is 16.2. The molecule has 0 fully saturated rings. The summed E-state index contributed by atoms with van der Waals surface area (Å²) in [4.78, 5) is 16.5. The van der Waals surface area contributed by atoms with E-state index in [4.69, 9.17) is 9.57 Å². The van der Waals surface area contributed by atoms with Crippen LogP contribution in [0.4, 0.5) is 4.79 Å². The molecule has 5 nitrogen and oxygen atoms in total. The van der Waals surface area contributed by atoms with Crippen LogP contribution in [0.2, 0.25) is 0 Å². The Hall–Kier alpha value is -0.810. The van der Waals surface area contributed by atoms with Gasteiger partial charge in [-0.2, -0.15) is 0 Å². The summed E-state index contributed by atoms with van der Waals surface area (Å²) in [5.41, 5.74) is 2.42. The summed E-state index contributed by atoms with van der Waals surface area (Å²) in [7, 11) is 0. The minimum atomic E-state index is -0.449. The molecule has 102 valence electrons. The van der Waals surface area contributed by atoms with Crippen molar-refractivity contribution in [1.82, 2.24) is 10.8 Å². The van der Waals surface area contributed by atoms with E-state index in [1.807, 2.05) is 27.7 Å². The number of hydrogen-bond acceptors (Lipinski definition) is 4. The SMILES string of the molecule is CCCONCC(C)CNC(=O)OC(C)(C)C. The van der Waals surface area contributed by atoms with E-state index < -0.39 is 5.60 Å². The van der Waals surface area contributed by atoms with Crippen LogP contribution in [-0.2, 0) is 9.57 Å². The highest BCUT2D eigenvalue weighted by atomic mass is 16.6. The molecular weight excluding hydrogens is 220 g/mol. The molecule has 0 aromatic carbocycles. The van der Waals surface area contributed by atoms with Gasteiger partial charge in [0, 0.05) is 13.1 Å². The second-order valence-corrected chi connectivity index (χ2v) is 5.18. The Morgan fingerprint density at radius 3 is 2.47 bits per heavy atom. The molecule has 0 heterocycles. The van der Waals surface area contributed by atoms with Gasteiger partial charge in [0.1, 0.15) is 5.60 Å². The highest BCUT2D eigenvalue weighted by molar-refractivity contribution is 5.67. The number of hydroxylamine groups is 1. The molecule has 0 bridgehead atoms.